The highest BCUT2D eigenvalue weighted by Gasteiger charge is 2.33. The second kappa shape index (κ2) is 12.5. The van der Waals surface area contributed by atoms with Crippen LogP contribution in [-0.4, -0.2) is 76.4 Å². The van der Waals surface area contributed by atoms with Gasteiger partial charge in [0.25, 0.3) is 0 Å². The Labute approximate surface area is 173 Å². The molecule has 7 N–H and O–H groups in total. The van der Waals surface area contributed by atoms with E-state index in [0.29, 0.717) is 32.1 Å². The van der Waals surface area contributed by atoms with Crippen molar-refractivity contribution in [2.75, 3.05) is 19.6 Å². The van der Waals surface area contributed by atoms with Crippen LogP contribution < -0.4 is 11.5 Å². The van der Waals surface area contributed by atoms with Crippen LogP contribution in [-0.2, 0) is 14.3 Å². The first-order valence-electron chi connectivity index (χ1n) is 10.6. The lowest BCUT2D eigenvalue weighted by Crippen LogP contribution is -2.48. The molecule has 29 heavy (non-hydrogen) atoms. The molecular weight excluding hydrogens is 377 g/mol. The zero-order valence-electron chi connectivity index (χ0n) is 17.8. The first kappa shape index (κ1) is 25.8. The van der Waals surface area contributed by atoms with E-state index in [2.05, 4.69) is 4.90 Å². The van der Waals surface area contributed by atoms with Crippen LogP contribution in [0.1, 0.15) is 58.8 Å². The van der Waals surface area contributed by atoms with Crippen molar-refractivity contribution in [1.29, 1.82) is 0 Å². The number of carboxylic acid groups (broad SMARTS) is 1. The van der Waals surface area contributed by atoms with Crippen molar-refractivity contribution in [3.05, 3.63) is 0 Å². The molecule has 1 rings (SSSR count). The third-order valence-electron chi connectivity index (χ3n) is 5.67. The maximum atomic E-state index is 12.0. The van der Waals surface area contributed by atoms with Crippen LogP contribution in [0.15, 0.2) is 0 Å². The fraction of sp³-hybridized carbons (Fsp3) is 0.895. The molecule has 0 saturated carbocycles. The second-order valence-electron chi connectivity index (χ2n) is 8.54. The van der Waals surface area contributed by atoms with Gasteiger partial charge in [-0.15, -0.1) is 0 Å². The van der Waals surface area contributed by atoms with Gasteiger partial charge in [0, 0.05) is 13.1 Å². The molecule has 0 aliphatic carbocycles. The molecule has 168 valence electrons. The highest BCUT2D eigenvalue weighted by molar-refractivity contribution is 6.40. The number of piperidine rings is 1. The van der Waals surface area contributed by atoms with Crippen LogP contribution in [0, 0.1) is 5.92 Å². The molecule has 1 saturated heterocycles. The summed E-state index contributed by atoms with van der Waals surface area (Å²) in [5.74, 6) is -1.32. The molecule has 0 amide bonds. The van der Waals surface area contributed by atoms with Crippen LogP contribution in [0.25, 0.3) is 0 Å². The number of hydrogen-bond acceptors (Lipinski definition) is 8. The number of ether oxygens (including phenoxy) is 1. The van der Waals surface area contributed by atoms with Crippen molar-refractivity contribution in [3.63, 3.8) is 0 Å². The summed E-state index contributed by atoms with van der Waals surface area (Å²) in [4.78, 5) is 25.8. The van der Waals surface area contributed by atoms with E-state index in [1.165, 1.54) is 0 Å². The lowest BCUT2D eigenvalue weighted by molar-refractivity contribution is -0.154. The number of carbonyl (C=O) groups excluding carboxylic acids is 1. The van der Waals surface area contributed by atoms with Gasteiger partial charge >= 0.3 is 19.1 Å². The standard InChI is InChI=1S/C19H38BN3O6/c1-14(2)16(21)17(24)29-15-6-12-23(13-7-15)11-5-9-19(22,18(25)26)8-3-4-10-20(27)28/h14-16,27-28H,3-13,21-22H2,1-2H3,(H,25,26). The number of rotatable bonds is 13. The Morgan fingerprint density at radius 2 is 1.76 bits per heavy atom. The fourth-order valence-electron chi connectivity index (χ4n) is 3.49. The summed E-state index contributed by atoms with van der Waals surface area (Å²) in [6.45, 7) is 6.09. The normalized spacial score (nSPS) is 19.0. The van der Waals surface area contributed by atoms with Gasteiger partial charge in [-0.1, -0.05) is 26.7 Å². The highest BCUT2D eigenvalue weighted by Crippen LogP contribution is 2.21. The minimum absolute atomic E-state index is 0.0436. The Morgan fingerprint density at radius 3 is 2.28 bits per heavy atom. The average Bonchev–Trinajstić information content (AvgIpc) is 2.65. The number of aliphatic carboxylic acids is 1. The Kier molecular flexibility index (Phi) is 11.1. The SMILES string of the molecule is CC(C)C(N)C(=O)OC1CCN(CCCC(N)(CCCCB(O)O)C(=O)O)CC1. The number of nitrogens with zero attached hydrogens (tertiary/aromatic N) is 1. The molecule has 1 aliphatic heterocycles. The monoisotopic (exact) mass is 415 g/mol. The summed E-state index contributed by atoms with van der Waals surface area (Å²) in [6, 6.07) is -0.595. The molecule has 10 heteroatoms. The van der Waals surface area contributed by atoms with Crippen LogP contribution >= 0.6 is 0 Å². The first-order chi connectivity index (χ1) is 13.5. The molecule has 0 aromatic heterocycles. The Bertz CT molecular complexity index is 514. The van der Waals surface area contributed by atoms with Gasteiger partial charge in [-0.25, -0.2) is 0 Å². The van der Waals surface area contributed by atoms with E-state index in [1.54, 1.807) is 0 Å². The van der Waals surface area contributed by atoms with Gasteiger partial charge in [0.2, 0.25) is 0 Å². The molecule has 1 fully saturated rings. The summed E-state index contributed by atoms with van der Waals surface area (Å²) in [7, 11) is -1.37. The van der Waals surface area contributed by atoms with Crippen molar-refractivity contribution >= 4 is 19.1 Å². The molecule has 0 bridgehead atoms. The summed E-state index contributed by atoms with van der Waals surface area (Å²) in [5, 5.41) is 27.2. The number of carbonyl (C=O) groups is 2. The molecule has 1 heterocycles. The van der Waals surface area contributed by atoms with Crippen molar-refractivity contribution in [2.45, 2.75) is 82.8 Å². The molecule has 2 unspecified atom stereocenters. The number of nitrogens with two attached hydrogens (primary N) is 2. The van der Waals surface area contributed by atoms with Crippen molar-refractivity contribution in [2.24, 2.45) is 17.4 Å². The topological polar surface area (TPSA) is 159 Å². The summed E-state index contributed by atoms with van der Waals surface area (Å²) < 4.78 is 5.50. The maximum Gasteiger partial charge on any atom is 0.451 e. The molecule has 9 nitrogen and oxygen atoms in total. The van der Waals surface area contributed by atoms with Gasteiger partial charge in [0.1, 0.15) is 17.7 Å². The summed E-state index contributed by atoms with van der Waals surface area (Å²) >= 11 is 0. The Balaban J connectivity index is 2.31. The lowest BCUT2D eigenvalue weighted by atomic mass is 9.81. The number of likely N-dealkylation sites (tertiary alicyclic amines) is 1. The maximum absolute atomic E-state index is 12.0. The van der Waals surface area contributed by atoms with E-state index in [4.69, 9.17) is 26.3 Å². The Hall–Kier alpha value is -1.20. The quantitative estimate of drug-likeness (QED) is 0.161. The molecule has 0 radical (unpaired) electrons. The molecular formula is C19H38BN3O6. The first-order valence-corrected chi connectivity index (χ1v) is 10.6. The largest absolute Gasteiger partial charge is 0.480 e. The van der Waals surface area contributed by atoms with E-state index in [0.717, 1.165) is 32.5 Å². The van der Waals surface area contributed by atoms with Gasteiger partial charge in [-0.05, 0) is 50.9 Å². The molecule has 0 aromatic carbocycles. The number of carboxylic acids is 1. The molecule has 0 spiro atoms. The molecule has 2 atom stereocenters. The van der Waals surface area contributed by atoms with Crippen molar-refractivity contribution in [3.8, 4) is 0 Å². The van der Waals surface area contributed by atoms with Crippen LogP contribution in [0.5, 0.6) is 0 Å². The molecule has 1 aliphatic rings. The van der Waals surface area contributed by atoms with Crippen LogP contribution in [0.2, 0.25) is 6.32 Å². The number of hydrogen-bond donors (Lipinski definition) is 5. The van der Waals surface area contributed by atoms with Gasteiger partial charge in [0.05, 0.1) is 0 Å². The zero-order chi connectivity index (χ0) is 22.0. The van der Waals surface area contributed by atoms with Gasteiger partial charge in [0.15, 0.2) is 0 Å². The number of unbranched alkanes of at least 4 members (excludes halogenated alkanes) is 1. The van der Waals surface area contributed by atoms with E-state index < -0.39 is 24.7 Å². The summed E-state index contributed by atoms with van der Waals surface area (Å²) in [6.07, 6.45) is 3.99. The number of esters is 1. The minimum Gasteiger partial charge on any atom is -0.480 e. The predicted octanol–water partition coefficient (Wildman–Crippen LogP) is 0.183. The van der Waals surface area contributed by atoms with Crippen LogP contribution in [0.4, 0.5) is 0 Å². The lowest BCUT2D eigenvalue weighted by Gasteiger charge is -2.33. The van der Waals surface area contributed by atoms with Crippen molar-refractivity contribution in [1.82, 2.24) is 4.90 Å². The Morgan fingerprint density at radius 1 is 1.17 bits per heavy atom. The summed E-state index contributed by atoms with van der Waals surface area (Å²) in [5.41, 5.74) is 10.6. The zero-order valence-corrected chi connectivity index (χ0v) is 17.8. The van der Waals surface area contributed by atoms with Gasteiger partial charge < -0.3 is 36.3 Å². The van der Waals surface area contributed by atoms with Gasteiger partial charge in [-0.2, -0.15) is 0 Å². The minimum atomic E-state index is -1.37. The van der Waals surface area contributed by atoms with E-state index in [9.17, 15) is 14.7 Å². The van der Waals surface area contributed by atoms with Crippen LogP contribution in [0.3, 0.4) is 0 Å². The second-order valence-corrected chi connectivity index (χ2v) is 8.54. The van der Waals surface area contributed by atoms with E-state index in [1.807, 2.05) is 13.8 Å². The average molecular weight is 415 g/mol. The fourth-order valence-corrected chi connectivity index (χ4v) is 3.49. The predicted molar refractivity (Wildman–Crippen MR) is 111 cm³/mol. The molecule has 0 aromatic rings. The smallest absolute Gasteiger partial charge is 0.451 e. The van der Waals surface area contributed by atoms with E-state index in [-0.39, 0.29) is 24.3 Å². The van der Waals surface area contributed by atoms with Gasteiger partial charge in [-0.3, -0.25) is 9.59 Å². The third-order valence-corrected chi connectivity index (χ3v) is 5.67. The third kappa shape index (κ3) is 9.44. The van der Waals surface area contributed by atoms with Crippen molar-refractivity contribution < 1.29 is 29.5 Å². The van der Waals surface area contributed by atoms with E-state index >= 15 is 0 Å². The highest BCUT2D eigenvalue weighted by atomic mass is 16.5.